The van der Waals surface area contributed by atoms with Gasteiger partial charge >= 0.3 is 5.97 Å². The number of rotatable bonds is 6. The van der Waals surface area contributed by atoms with E-state index in [1.807, 2.05) is 13.8 Å². The summed E-state index contributed by atoms with van der Waals surface area (Å²) < 4.78 is 5.05. The van der Waals surface area contributed by atoms with Crippen molar-refractivity contribution in [1.29, 1.82) is 0 Å². The molecule has 1 aliphatic rings. The molecule has 0 aromatic heterocycles. The molecule has 0 aliphatic heterocycles. The number of nitrogens with one attached hydrogen (secondary N) is 1. The summed E-state index contributed by atoms with van der Waals surface area (Å²) in [6, 6.07) is 6.82. The number of anilines is 1. The summed E-state index contributed by atoms with van der Waals surface area (Å²) in [6.45, 7) is 4.34. The lowest BCUT2D eigenvalue weighted by Crippen LogP contribution is -2.21. The molecule has 1 N–H and O–H groups in total. The molecule has 108 valence electrons. The fraction of sp³-hybridized carbons (Fsp3) is 0.500. The number of hydrogen-bond donors (Lipinski definition) is 1. The lowest BCUT2D eigenvalue weighted by atomic mass is 10.1. The molecule has 0 heterocycles. The van der Waals surface area contributed by atoms with Crippen molar-refractivity contribution in [3.8, 4) is 0 Å². The zero-order valence-corrected chi connectivity index (χ0v) is 12.0. The van der Waals surface area contributed by atoms with Crippen LogP contribution in [0.5, 0.6) is 0 Å². The van der Waals surface area contributed by atoms with E-state index in [1.165, 1.54) is 0 Å². The van der Waals surface area contributed by atoms with Crippen molar-refractivity contribution in [3.05, 3.63) is 29.8 Å². The quantitative estimate of drug-likeness (QED) is 0.811. The summed E-state index contributed by atoms with van der Waals surface area (Å²) in [4.78, 5) is 23.6. The van der Waals surface area contributed by atoms with Crippen LogP contribution in [0.2, 0.25) is 0 Å². The maximum atomic E-state index is 12.0. The Hall–Kier alpha value is -1.84. The van der Waals surface area contributed by atoms with Gasteiger partial charge in [-0.25, -0.2) is 4.79 Å². The molecule has 0 radical (unpaired) electrons. The van der Waals surface area contributed by atoms with E-state index in [2.05, 4.69) is 5.32 Å². The zero-order chi connectivity index (χ0) is 14.5. The molecule has 1 fully saturated rings. The third kappa shape index (κ3) is 3.83. The fourth-order valence-corrected chi connectivity index (χ4v) is 2.03. The van der Waals surface area contributed by atoms with Crippen molar-refractivity contribution in [2.75, 3.05) is 11.9 Å². The molecule has 1 aliphatic carbocycles. The standard InChI is InChI=1S/C16H21NO3/c1-3-10-20-16(19)13-6-8-14(9-7-13)17-15(18)11(2)12-4-5-12/h6-9,11-12H,3-5,10H2,1-2H3,(H,17,18). The molecule has 1 aromatic carbocycles. The summed E-state index contributed by atoms with van der Waals surface area (Å²) in [5, 5.41) is 2.88. The summed E-state index contributed by atoms with van der Waals surface area (Å²) in [5.74, 6) is 0.326. The van der Waals surface area contributed by atoms with E-state index >= 15 is 0 Å². The molecule has 0 spiro atoms. The molecule has 0 saturated heterocycles. The molecule has 1 amide bonds. The largest absolute Gasteiger partial charge is 0.462 e. The third-order valence-electron chi connectivity index (χ3n) is 3.57. The Kier molecular flexibility index (Phi) is 4.77. The topological polar surface area (TPSA) is 55.4 Å². The molecule has 0 bridgehead atoms. The van der Waals surface area contributed by atoms with Gasteiger partial charge in [0.2, 0.25) is 5.91 Å². The second kappa shape index (κ2) is 6.55. The monoisotopic (exact) mass is 275 g/mol. The average molecular weight is 275 g/mol. The predicted molar refractivity (Wildman–Crippen MR) is 77.5 cm³/mol. The van der Waals surface area contributed by atoms with E-state index in [0.29, 0.717) is 18.1 Å². The lowest BCUT2D eigenvalue weighted by molar-refractivity contribution is -0.119. The van der Waals surface area contributed by atoms with Crippen LogP contribution in [-0.2, 0) is 9.53 Å². The molecular formula is C16H21NO3. The zero-order valence-electron chi connectivity index (χ0n) is 12.0. The van der Waals surface area contributed by atoms with E-state index in [4.69, 9.17) is 4.74 Å². The van der Waals surface area contributed by atoms with Gasteiger partial charge in [-0.15, -0.1) is 0 Å². The first-order valence-electron chi connectivity index (χ1n) is 7.20. The molecule has 1 unspecified atom stereocenters. The molecule has 4 nitrogen and oxygen atoms in total. The van der Waals surface area contributed by atoms with Gasteiger partial charge in [-0.1, -0.05) is 13.8 Å². The van der Waals surface area contributed by atoms with Gasteiger partial charge in [-0.2, -0.15) is 0 Å². The summed E-state index contributed by atoms with van der Waals surface area (Å²) in [6.07, 6.45) is 3.10. The maximum absolute atomic E-state index is 12.0. The molecule has 2 rings (SSSR count). The fourth-order valence-electron chi connectivity index (χ4n) is 2.03. The average Bonchev–Trinajstić information content (AvgIpc) is 3.29. The number of ether oxygens (including phenoxy) is 1. The summed E-state index contributed by atoms with van der Waals surface area (Å²) in [7, 11) is 0. The lowest BCUT2D eigenvalue weighted by Gasteiger charge is -2.11. The highest BCUT2D eigenvalue weighted by Crippen LogP contribution is 2.37. The molecule has 20 heavy (non-hydrogen) atoms. The van der Waals surface area contributed by atoms with Crippen LogP contribution < -0.4 is 5.32 Å². The van der Waals surface area contributed by atoms with Gasteiger partial charge in [0.25, 0.3) is 0 Å². The minimum Gasteiger partial charge on any atom is -0.462 e. The van der Waals surface area contributed by atoms with E-state index < -0.39 is 0 Å². The van der Waals surface area contributed by atoms with Crippen LogP contribution >= 0.6 is 0 Å². The Morgan fingerprint density at radius 2 is 1.95 bits per heavy atom. The van der Waals surface area contributed by atoms with Crippen LogP contribution in [0.1, 0.15) is 43.5 Å². The number of esters is 1. The van der Waals surface area contributed by atoms with Gasteiger partial charge in [0, 0.05) is 11.6 Å². The van der Waals surface area contributed by atoms with Crippen molar-refractivity contribution in [3.63, 3.8) is 0 Å². The molecular weight excluding hydrogens is 254 g/mol. The minimum atomic E-state index is -0.323. The number of carbonyl (C=O) groups excluding carboxylic acids is 2. The summed E-state index contributed by atoms with van der Waals surface area (Å²) in [5.41, 5.74) is 1.22. The first-order valence-corrected chi connectivity index (χ1v) is 7.20. The molecule has 1 atom stereocenters. The van der Waals surface area contributed by atoms with E-state index in [1.54, 1.807) is 24.3 Å². The van der Waals surface area contributed by atoms with Gasteiger partial charge in [0.15, 0.2) is 0 Å². The van der Waals surface area contributed by atoms with Crippen LogP contribution in [0.3, 0.4) is 0 Å². The van der Waals surface area contributed by atoms with E-state index in [-0.39, 0.29) is 17.8 Å². The Morgan fingerprint density at radius 1 is 1.30 bits per heavy atom. The molecule has 1 saturated carbocycles. The van der Waals surface area contributed by atoms with Crippen LogP contribution in [0, 0.1) is 11.8 Å². The predicted octanol–water partition coefficient (Wildman–Crippen LogP) is 3.24. The number of amides is 1. The van der Waals surface area contributed by atoms with Crippen LogP contribution in [0.4, 0.5) is 5.69 Å². The Bertz CT molecular complexity index is 477. The van der Waals surface area contributed by atoms with Gasteiger partial charge in [-0.05, 0) is 49.4 Å². The van der Waals surface area contributed by atoms with Gasteiger partial charge in [-0.3, -0.25) is 4.79 Å². The maximum Gasteiger partial charge on any atom is 0.338 e. The van der Waals surface area contributed by atoms with Crippen molar-refractivity contribution < 1.29 is 14.3 Å². The second-order valence-corrected chi connectivity index (χ2v) is 5.33. The number of benzene rings is 1. The third-order valence-corrected chi connectivity index (χ3v) is 3.57. The van der Waals surface area contributed by atoms with Crippen molar-refractivity contribution in [1.82, 2.24) is 0 Å². The smallest absolute Gasteiger partial charge is 0.338 e. The highest BCUT2D eigenvalue weighted by molar-refractivity contribution is 5.94. The van der Waals surface area contributed by atoms with Gasteiger partial charge in [0.1, 0.15) is 0 Å². The van der Waals surface area contributed by atoms with Crippen LogP contribution in [-0.4, -0.2) is 18.5 Å². The van der Waals surface area contributed by atoms with E-state index in [0.717, 1.165) is 24.9 Å². The van der Waals surface area contributed by atoms with Crippen molar-refractivity contribution in [2.45, 2.75) is 33.1 Å². The first kappa shape index (κ1) is 14.6. The van der Waals surface area contributed by atoms with E-state index in [9.17, 15) is 9.59 Å². The highest BCUT2D eigenvalue weighted by Gasteiger charge is 2.32. The number of hydrogen-bond acceptors (Lipinski definition) is 3. The van der Waals surface area contributed by atoms with Crippen molar-refractivity contribution >= 4 is 17.6 Å². The Balaban J connectivity index is 1.90. The Labute approximate surface area is 119 Å². The molecule has 4 heteroatoms. The Morgan fingerprint density at radius 3 is 2.50 bits per heavy atom. The van der Waals surface area contributed by atoms with Gasteiger partial charge in [0.05, 0.1) is 12.2 Å². The second-order valence-electron chi connectivity index (χ2n) is 5.33. The molecule has 1 aromatic rings. The number of carbonyl (C=O) groups is 2. The van der Waals surface area contributed by atoms with Gasteiger partial charge < -0.3 is 10.1 Å². The van der Waals surface area contributed by atoms with Crippen LogP contribution in [0.15, 0.2) is 24.3 Å². The highest BCUT2D eigenvalue weighted by atomic mass is 16.5. The first-order chi connectivity index (χ1) is 9.61. The summed E-state index contributed by atoms with van der Waals surface area (Å²) >= 11 is 0. The normalized spacial score (nSPS) is 15.5. The minimum absolute atomic E-state index is 0.0498. The SMILES string of the molecule is CCCOC(=O)c1ccc(NC(=O)C(C)C2CC2)cc1. The van der Waals surface area contributed by atoms with Crippen molar-refractivity contribution in [2.24, 2.45) is 11.8 Å². The van der Waals surface area contributed by atoms with Crippen LogP contribution in [0.25, 0.3) is 0 Å².